The molecule has 0 amide bonds. The maximum atomic E-state index is 9.28. The molecule has 0 spiro atoms. The van der Waals surface area contributed by atoms with Gasteiger partial charge < -0.3 is 10.0 Å². The molecular formula is C14H21NO. The minimum Gasteiger partial charge on any atom is -0.393 e. The number of likely N-dealkylation sites (N-methyl/N-ethyl adjacent to an activating group) is 1. The molecule has 0 radical (unpaired) electrons. The van der Waals surface area contributed by atoms with Gasteiger partial charge in [-0.25, -0.2) is 0 Å². The highest BCUT2D eigenvalue weighted by Gasteiger charge is 2.17. The summed E-state index contributed by atoms with van der Waals surface area (Å²) in [5.41, 5.74) is 4.24. The molecule has 1 heterocycles. The first-order valence-corrected chi connectivity index (χ1v) is 6.25. The molecule has 0 saturated heterocycles. The number of hydrogen-bond donors (Lipinski definition) is 1. The Labute approximate surface area is 97.9 Å². The Morgan fingerprint density at radius 2 is 2.25 bits per heavy atom. The SMILES string of the molecule is CCN1CCc2cc(CCC(C)O)ccc21. The van der Waals surface area contributed by atoms with E-state index < -0.39 is 0 Å². The Kier molecular flexibility index (Phi) is 3.49. The van der Waals surface area contributed by atoms with Gasteiger partial charge in [0.05, 0.1) is 6.10 Å². The fourth-order valence-electron chi connectivity index (χ4n) is 2.38. The van der Waals surface area contributed by atoms with Crippen molar-refractivity contribution in [1.82, 2.24) is 0 Å². The van der Waals surface area contributed by atoms with E-state index in [-0.39, 0.29) is 6.10 Å². The molecule has 2 rings (SSSR count). The van der Waals surface area contributed by atoms with E-state index in [4.69, 9.17) is 0 Å². The first-order chi connectivity index (χ1) is 7.70. The zero-order chi connectivity index (χ0) is 11.5. The summed E-state index contributed by atoms with van der Waals surface area (Å²) in [5, 5.41) is 9.28. The third-order valence-corrected chi connectivity index (χ3v) is 3.37. The number of rotatable bonds is 4. The average Bonchev–Trinajstić information content (AvgIpc) is 2.68. The third kappa shape index (κ3) is 2.38. The number of aryl methyl sites for hydroxylation is 1. The summed E-state index contributed by atoms with van der Waals surface area (Å²) in [4.78, 5) is 2.42. The van der Waals surface area contributed by atoms with Gasteiger partial charge >= 0.3 is 0 Å². The highest BCUT2D eigenvalue weighted by molar-refractivity contribution is 5.59. The quantitative estimate of drug-likeness (QED) is 0.840. The van der Waals surface area contributed by atoms with Gasteiger partial charge in [0.15, 0.2) is 0 Å². The highest BCUT2D eigenvalue weighted by Crippen LogP contribution is 2.28. The van der Waals surface area contributed by atoms with Gasteiger partial charge in [-0.05, 0) is 50.3 Å². The topological polar surface area (TPSA) is 23.5 Å². The molecule has 1 aromatic carbocycles. The molecular weight excluding hydrogens is 198 g/mol. The maximum absolute atomic E-state index is 9.28. The van der Waals surface area contributed by atoms with Gasteiger partial charge in [0.25, 0.3) is 0 Å². The van der Waals surface area contributed by atoms with E-state index in [1.165, 1.54) is 23.2 Å². The lowest BCUT2D eigenvalue weighted by Crippen LogP contribution is -2.18. The van der Waals surface area contributed by atoms with Gasteiger partial charge in [-0.3, -0.25) is 0 Å². The Balaban J connectivity index is 2.09. The van der Waals surface area contributed by atoms with Gasteiger partial charge in [0, 0.05) is 18.8 Å². The second-order valence-electron chi connectivity index (χ2n) is 4.68. The van der Waals surface area contributed by atoms with Gasteiger partial charge in [0.2, 0.25) is 0 Å². The van der Waals surface area contributed by atoms with Crippen molar-refractivity contribution in [1.29, 1.82) is 0 Å². The Morgan fingerprint density at radius 1 is 1.44 bits per heavy atom. The predicted octanol–water partition coefficient (Wildman–Crippen LogP) is 2.38. The number of fused-ring (bicyclic) bond motifs is 1. The van der Waals surface area contributed by atoms with Crippen molar-refractivity contribution in [3.05, 3.63) is 29.3 Å². The summed E-state index contributed by atoms with van der Waals surface area (Å²) < 4.78 is 0. The summed E-state index contributed by atoms with van der Waals surface area (Å²) in [6, 6.07) is 6.76. The van der Waals surface area contributed by atoms with Crippen LogP contribution in [0.15, 0.2) is 18.2 Å². The molecule has 1 aliphatic rings. The smallest absolute Gasteiger partial charge is 0.0515 e. The van der Waals surface area contributed by atoms with Crippen molar-refractivity contribution in [2.75, 3.05) is 18.0 Å². The monoisotopic (exact) mass is 219 g/mol. The second-order valence-corrected chi connectivity index (χ2v) is 4.68. The molecule has 0 bridgehead atoms. The van der Waals surface area contributed by atoms with Crippen LogP contribution in [0.5, 0.6) is 0 Å². The van der Waals surface area contributed by atoms with Crippen LogP contribution in [0.4, 0.5) is 5.69 Å². The molecule has 0 fully saturated rings. The van der Waals surface area contributed by atoms with Crippen LogP contribution in [0, 0.1) is 0 Å². The average molecular weight is 219 g/mol. The summed E-state index contributed by atoms with van der Waals surface area (Å²) in [6.07, 6.45) is 2.82. The maximum Gasteiger partial charge on any atom is 0.0515 e. The number of nitrogens with zero attached hydrogens (tertiary/aromatic N) is 1. The largest absolute Gasteiger partial charge is 0.393 e. The van der Waals surface area contributed by atoms with E-state index in [1.54, 1.807) is 0 Å². The Bertz CT molecular complexity index is 360. The third-order valence-electron chi connectivity index (χ3n) is 3.37. The van der Waals surface area contributed by atoms with Gasteiger partial charge in [-0.1, -0.05) is 12.1 Å². The van der Waals surface area contributed by atoms with E-state index in [0.29, 0.717) is 0 Å². The number of aliphatic hydroxyl groups is 1. The van der Waals surface area contributed by atoms with Gasteiger partial charge in [-0.15, -0.1) is 0 Å². The van der Waals surface area contributed by atoms with Crippen LogP contribution >= 0.6 is 0 Å². The molecule has 0 saturated carbocycles. The van der Waals surface area contributed by atoms with E-state index in [2.05, 4.69) is 30.0 Å². The Hall–Kier alpha value is -1.02. The summed E-state index contributed by atoms with van der Waals surface area (Å²) in [5.74, 6) is 0. The van der Waals surface area contributed by atoms with Crippen LogP contribution in [-0.2, 0) is 12.8 Å². The molecule has 1 aliphatic heterocycles. The van der Waals surface area contributed by atoms with Gasteiger partial charge in [0.1, 0.15) is 0 Å². The lowest BCUT2D eigenvalue weighted by Gasteiger charge is -2.16. The first-order valence-electron chi connectivity index (χ1n) is 6.25. The van der Waals surface area contributed by atoms with Crippen molar-refractivity contribution in [2.24, 2.45) is 0 Å². The molecule has 88 valence electrons. The molecule has 16 heavy (non-hydrogen) atoms. The fourth-order valence-corrected chi connectivity index (χ4v) is 2.38. The van der Waals surface area contributed by atoms with Crippen molar-refractivity contribution in [3.8, 4) is 0 Å². The van der Waals surface area contributed by atoms with Crippen LogP contribution in [-0.4, -0.2) is 24.3 Å². The molecule has 2 heteroatoms. The van der Waals surface area contributed by atoms with Crippen LogP contribution in [0.2, 0.25) is 0 Å². The fraction of sp³-hybridized carbons (Fsp3) is 0.571. The number of aliphatic hydroxyl groups excluding tert-OH is 1. The number of anilines is 1. The van der Waals surface area contributed by atoms with E-state index >= 15 is 0 Å². The van der Waals surface area contributed by atoms with Crippen molar-refractivity contribution >= 4 is 5.69 Å². The molecule has 2 nitrogen and oxygen atoms in total. The van der Waals surface area contributed by atoms with E-state index in [1.807, 2.05) is 6.92 Å². The standard InChI is InChI=1S/C14H21NO/c1-3-15-9-8-13-10-12(5-4-11(2)16)6-7-14(13)15/h6-7,10-11,16H,3-5,8-9H2,1-2H3. The van der Waals surface area contributed by atoms with Crippen molar-refractivity contribution in [2.45, 2.75) is 39.2 Å². The first kappa shape index (κ1) is 11.5. The van der Waals surface area contributed by atoms with Crippen molar-refractivity contribution in [3.63, 3.8) is 0 Å². The number of hydrogen-bond acceptors (Lipinski definition) is 2. The molecule has 1 atom stereocenters. The molecule has 1 unspecified atom stereocenters. The molecule has 0 aromatic heterocycles. The number of benzene rings is 1. The van der Waals surface area contributed by atoms with Crippen LogP contribution < -0.4 is 4.90 Å². The molecule has 1 aromatic rings. The molecule has 0 aliphatic carbocycles. The van der Waals surface area contributed by atoms with E-state index in [0.717, 1.165) is 25.9 Å². The lowest BCUT2D eigenvalue weighted by atomic mass is 10.0. The molecule has 1 N–H and O–H groups in total. The second kappa shape index (κ2) is 4.88. The zero-order valence-corrected chi connectivity index (χ0v) is 10.2. The minimum absolute atomic E-state index is 0.194. The van der Waals surface area contributed by atoms with Crippen LogP contribution in [0.25, 0.3) is 0 Å². The van der Waals surface area contributed by atoms with Crippen LogP contribution in [0.3, 0.4) is 0 Å². The summed E-state index contributed by atoms with van der Waals surface area (Å²) >= 11 is 0. The van der Waals surface area contributed by atoms with E-state index in [9.17, 15) is 5.11 Å². The predicted molar refractivity (Wildman–Crippen MR) is 68.0 cm³/mol. The van der Waals surface area contributed by atoms with Gasteiger partial charge in [-0.2, -0.15) is 0 Å². The van der Waals surface area contributed by atoms with Crippen LogP contribution in [0.1, 0.15) is 31.4 Å². The summed E-state index contributed by atoms with van der Waals surface area (Å²) in [7, 11) is 0. The lowest BCUT2D eigenvalue weighted by molar-refractivity contribution is 0.185. The Morgan fingerprint density at radius 3 is 2.94 bits per heavy atom. The minimum atomic E-state index is -0.194. The normalized spacial score (nSPS) is 16.3. The van der Waals surface area contributed by atoms with Crippen molar-refractivity contribution < 1.29 is 5.11 Å². The zero-order valence-electron chi connectivity index (χ0n) is 10.2. The summed E-state index contributed by atoms with van der Waals surface area (Å²) in [6.45, 7) is 6.31. The highest BCUT2D eigenvalue weighted by atomic mass is 16.3.